The Hall–Kier alpha value is -3.27. The molecule has 2 atom stereocenters. The molecule has 8 nitrogen and oxygen atoms in total. The Morgan fingerprint density at radius 3 is 2.17 bits per heavy atom. The Morgan fingerprint density at radius 2 is 1.60 bits per heavy atom. The number of amides is 2. The number of hydrogen-bond acceptors (Lipinski definition) is 5. The molecule has 42 heavy (non-hydrogen) atoms. The number of nitrogens with one attached hydrogen (secondary N) is 1. The van der Waals surface area contributed by atoms with Crippen LogP contribution in [0, 0.1) is 6.92 Å². The minimum Gasteiger partial charge on any atom is -0.497 e. The van der Waals surface area contributed by atoms with Crippen molar-refractivity contribution in [2.45, 2.75) is 64.1 Å². The van der Waals surface area contributed by atoms with E-state index in [1.807, 2.05) is 27.7 Å². The molecule has 0 unspecified atom stereocenters. The summed E-state index contributed by atoms with van der Waals surface area (Å²) in [6.07, 6.45) is 1.03. The number of carbonyl (C=O) groups is 2. The Bertz CT molecular complexity index is 1480. The third kappa shape index (κ3) is 7.96. The van der Waals surface area contributed by atoms with Crippen LogP contribution in [-0.2, 0) is 26.2 Å². The third-order valence-corrected chi connectivity index (χ3v) is 9.57. The van der Waals surface area contributed by atoms with Crippen molar-refractivity contribution in [3.05, 3.63) is 87.9 Å². The molecule has 0 aliphatic rings. The average Bonchev–Trinajstić information content (AvgIpc) is 2.97. The maximum absolute atomic E-state index is 14.2. The van der Waals surface area contributed by atoms with Crippen molar-refractivity contribution in [2.24, 2.45) is 0 Å². The molecule has 0 aliphatic carbocycles. The Kier molecular flexibility index (Phi) is 11.7. The summed E-state index contributed by atoms with van der Waals surface area (Å²) >= 11 is 12.8. The molecule has 0 aromatic heterocycles. The highest BCUT2D eigenvalue weighted by molar-refractivity contribution is 7.92. The molecule has 3 aromatic carbocycles. The number of sulfonamides is 1. The van der Waals surface area contributed by atoms with Crippen LogP contribution in [0.25, 0.3) is 0 Å². The molecule has 226 valence electrons. The molecule has 0 saturated heterocycles. The summed E-state index contributed by atoms with van der Waals surface area (Å²) in [6, 6.07) is 17.1. The van der Waals surface area contributed by atoms with E-state index in [1.165, 1.54) is 29.2 Å². The maximum atomic E-state index is 14.2. The number of methoxy groups -OCH3 is 1. The first-order chi connectivity index (χ1) is 19.9. The van der Waals surface area contributed by atoms with Crippen LogP contribution in [0.2, 0.25) is 10.0 Å². The fraction of sp³-hybridized carbons (Fsp3) is 0.355. The van der Waals surface area contributed by atoms with Crippen LogP contribution in [-0.4, -0.2) is 50.9 Å². The van der Waals surface area contributed by atoms with Gasteiger partial charge in [0.1, 0.15) is 18.3 Å². The number of benzene rings is 3. The molecular formula is C31H37Cl2N3O5S. The lowest BCUT2D eigenvalue weighted by molar-refractivity contribution is -0.140. The van der Waals surface area contributed by atoms with Crippen molar-refractivity contribution in [1.29, 1.82) is 0 Å². The van der Waals surface area contributed by atoms with Crippen LogP contribution in [0.15, 0.2) is 71.6 Å². The van der Waals surface area contributed by atoms with Gasteiger partial charge in [-0.15, -0.1) is 0 Å². The second kappa shape index (κ2) is 14.8. The van der Waals surface area contributed by atoms with Gasteiger partial charge in [0.05, 0.1) is 27.7 Å². The average molecular weight is 635 g/mol. The number of anilines is 1. The quantitative estimate of drug-likeness (QED) is 0.241. The first-order valence-corrected chi connectivity index (χ1v) is 15.9. The highest BCUT2D eigenvalue weighted by atomic mass is 35.5. The zero-order valence-electron chi connectivity index (χ0n) is 24.4. The SMILES string of the molecule is CC[C@@H](C)NC(=O)[C@H](CC)N(Cc1ccc(OC)cc1)C(=O)CN(c1cccc(Cl)c1Cl)S(=O)(=O)c1ccc(C)cc1. The molecule has 2 amide bonds. The minimum absolute atomic E-state index is 0.00841. The zero-order valence-corrected chi connectivity index (χ0v) is 26.8. The smallest absolute Gasteiger partial charge is 0.264 e. The second-order valence-electron chi connectivity index (χ2n) is 10.0. The monoisotopic (exact) mass is 633 g/mol. The first-order valence-electron chi connectivity index (χ1n) is 13.7. The van der Waals surface area contributed by atoms with Gasteiger partial charge >= 0.3 is 0 Å². The number of aryl methyl sites for hydroxylation is 1. The molecule has 0 radical (unpaired) electrons. The highest BCUT2D eigenvalue weighted by Crippen LogP contribution is 2.35. The summed E-state index contributed by atoms with van der Waals surface area (Å²) in [6.45, 7) is 6.95. The van der Waals surface area contributed by atoms with Crippen LogP contribution >= 0.6 is 23.2 Å². The lowest BCUT2D eigenvalue weighted by Gasteiger charge is -2.34. The van der Waals surface area contributed by atoms with Gasteiger partial charge in [-0.25, -0.2) is 8.42 Å². The van der Waals surface area contributed by atoms with Crippen molar-refractivity contribution >= 4 is 50.7 Å². The summed E-state index contributed by atoms with van der Waals surface area (Å²) in [7, 11) is -2.71. The van der Waals surface area contributed by atoms with Crippen molar-refractivity contribution in [2.75, 3.05) is 18.0 Å². The fourth-order valence-electron chi connectivity index (χ4n) is 4.32. The van der Waals surface area contributed by atoms with Crippen molar-refractivity contribution in [3.63, 3.8) is 0 Å². The van der Waals surface area contributed by atoms with E-state index in [0.29, 0.717) is 18.6 Å². The van der Waals surface area contributed by atoms with E-state index >= 15 is 0 Å². The molecule has 1 N–H and O–H groups in total. The van der Waals surface area contributed by atoms with Crippen molar-refractivity contribution in [3.8, 4) is 5.75 Å². The normalized spacial score (nSPS) is 12.7. The summed E-state index contributed by atoms with van der Waals surface area (Å²) in [5, 5.41) is 3.09. The summed E-state index contributed by atoms with van der Waals surface area (Å²) in [5.41, 5.74) is 1.67. The first kappa shape index (κ1) is 33.2. The van der Waals surface area contributed by atoms with Crippen molar-refractivity contribution < 1.29 is 22.7 Å². The van der Waals surface area contributed by atoms with Crippen LogP contribution in [0.4, 0.5) is 5.69 Å². The molecule has 0 aliphatic heterocycles. The largest absolute Gasteiger partial charge is 0.497 e. The van der Waals surface area contributed by atoms with E-state index in [9.17, 15) is 18.0 Å². The topological polar surface area (TPSA) is 96.0 Å². The summed E-state index contributed by atoms with van der Waals surface area (Å²) in [5.74, 6) is -0.254. The molecule has 3 aromatic rings. The van der Waals surface area contributed by atoms with Gasteiger partial charge in [-0.2, -0.15) is 0 Å². The van der Waals surface area contributed by atoms with E-state index < -0.39 is 28.5 Å². The van der Waals surface area contributed by atoms with E-state index in [1.54, 1.807) is 49.6 Å². The van der Waals surface area contributed by atoms with E-state index in [-0.39, 0.29) is 39.1 Å². The number of carbonyl (C=O) groups excluding carboxylic acids is 2. The van der Waals surface area contributed by atoms with Gasteiger partial charge in [-0.1, -0.05) is 72.9 Å². The molecule has 3 rings (SSSR count). The zero-order chi connectivity index (χ0) is 31.0. The van der Waals surface area contributed by atoms with Crippen LogP contribution < -0.4 is 14.4 Å². The molecule has 0 bridgehead atoms. The number of ether oxygens (including phenoxy) is 1. The Balaban J connectivity index is 2.09. The van der Waals surface area contributed by atoms with Crippen molar-refractivity contribution in [1.82, 2.24) is 10.2 Å². The molecule has 0 spiro atoms. The Morgan fingerprint density at radius 1 is 0.952 bits per heavy atom. The molecule has 11 heteroatoms. The summed E-state index contributed by atoms with van der Waals surface area (Å²) in [4.78, 5) is 29.0. The van der Waals surface area contributed by atoms with Crippen LogP contribution in [0.5, 0.6) is 5.75 Å². The van der Waals surface area contributed by atoms with Gasteiger partial charge < -0.3 is 15.0 Å². The van der Waals surface area contributed by atoms with Gasteiger partial charge in [-0.3, -0.25) is 13.9 Å². The predicted octanol–water partition coefficient (Wildman–Crippen LogP) is 6.23. The van der Waals surface area contributed by atoms with Gasteiger partial charge in [0, 0.05) is 12.6 Å². The lowest BCUT2D eigenvalue weighted by Crippen LogP contribution is -2.53. The van der Waals surface area contributed by atoms with Gasteiger partial charge in [0.15, 0.2) is 0 Å². The second-order valence-corrected chi connectivity index (χ2v) is 12.7. The molecule has 0 saturated carbocycles. The van der Waals surface area contributed by atoms with E-state index in [2.05, 4.69) is 5.32 Å². The number of hydrogen-bond donors (Lipinski definition) is 1. The van der Waals surface area contributed by atoms with Gasteiger partial charge in [-0.05, 0) is 68.7 Å². The number of halogens is 2. The Labute approximate surface area is 258 Å². The fourth-order valence-corrected chi connectivity index (χ4v) is 6.20. The van der Waals surface area contributed by atoms with Gasteiger partial charge in [0.2, 0.25) is 11.8 Å². The predicted molar refractivity (Wildman–Crippen MR) is 168 cm³/mol. The van der Waals surface area contributed by atoms with Crippen LogP contribution in [0.1, 0.15) is 44.7 Å². The molecular weight excluding hydrogens is 597 g/mol. The number of nitrogens with zero attached hydrogens (tertiary/aromatic N) is 2. The van der Waals surface area contributed by atoms with E-state index in [4.69, 9.17) is 27.9 Å². The molecule has 0 fully saturated rings. The third-order valence-electron chi connectivity index (χ3n) is 6.99. The standard InChI is InChI=1S/C31H37Cl2N3O5S/c1-6-22(4)34-31(38)27(7-2)35(19-23-13-15-24(41-5)16-14-23)29(37)20-36(28-10-8-9-26(32)30(28)33)42(39,40)25-17-11-21(3)12-18-25/h8-18,22,27H,6-7,19-20H2,1-5H3,(H,34,38)/t22-,27+/m1/s1. The molecule has 0 heterocycles. The lowest BCUT2D eigenvalue weighted by atomic mass is 10.1. The van der Waals surface area contributed by atoms with Gasteiger partial charge in [0.25, 0.3) is 10.0 Å². The van der Waals surface area contributed by atoms with Crippen LogP contribution in [0.3, 0.4) is 0 Å². The maximum Gasteiger partial charge on any atom is 0.264 e. The number of rotatable bonds is 13. The summed E-state index contributed by atoms with van der Waals surface area (Å²) < 4.78 is 34.2. The minimum atomic E-state index is -4.27. The highest BCUT2D eigenvalue weighted by Gasteiger charge is 2.35. The van der Waals surface area contributed by atoms with E-state index in [0.717, 1.165) is 15.4 Å².